The van der Waals surface area contributed by atoms with Crippen LogP contribution in [0.1, 0.15) is 16.2 Å². The number of hydrogen-bond acceptors (Lipinski definition) is 3. The van der Waals surface area contributed by atoms with Crippen molar-refractivity contribution in [1.82, 2.24) is 20.3 Å². The Labute approximate surface area is 97.1 Å². The van der Waals surface area contributed by atoms with Crippen LogP contribution in [0.15, 0.2) is 30.9 Å². The van der Waals surface area contributed by atoms with Crippen LogP contribution in [0.3, 0.4) is 0 Å². The molecule has 2 rings (SSSR count). The monoisotopic (exact) mass is 234 g/mol. The standard InChI is InChI=1S/C11H11FN4O/c12-9-7-13-3-1-8(9)11(17)16-4-2-10-14-5-6-15-10/h1,3,5-7H,2,4H2,(H,14,15)(H,16,17). The number of amides is 1. The SMILES string of the molecule is O=C(NCCc1ncc[nH]1)c1ccncc1F. The normalized spacial score (nSPS) is 10.2. The summed E-state index contributed by atoms with van der Waals surface area (Å²) in [5.74, 6) is -0.292. The average molecular weight is 234 g/mol. The highest BCUT2D eigenvalue weighted by atomic mass is 19.1. The van der Waals surface area contributed by atoms with E-state index in [2.05, 4.69) is 20.3 Å². The first kappa shape index (κ1) is 11.3. The van der Waals surface area contributed by atoms with Crippen LogP contribution in [-0.2, 0) is 6.42 Å². The van der Waals surface area contributed by atoms with Gasteiger partial charge in [-0.2, -0.15) is 0 Å². The molecule has 0 saturated carbocycles. The highest BCUT2D eigenvalue weighted by molar-refractivity contribution is 5.94. The molecule has 5 nitrogen and oxygen atoms in total. The van der Waals surface area contributed by atoms with E-state index in [-0.39, 0.29) is 5.56 Å². The van der Waals surface area contributed by atoms with E-state index in [1.807, 2.05) is 0 Å². The molecule has 0 aliphatic rings. The van der Waals surface area contributed by atoms with Gasteiger partial charge in [0.15, 0.2) is 5.82 Å². The highest BCUT2D eigenvalue weighted by Gasteiger charge is 2.10. The number of hydrogen-bond donors (Lipinski definition) is 2. The Morgan fingerprint density at radius 3 is 3.06 bits per heavy atom. The van der Waals surface area contributed by atoms with Gasteiger partial charge in [0.1, 0.15) is 5.82 Å². The summed E-state index contributed by atoms with van der Waals surface area (Å²) in [6.07, 6.45) is 6.32. The third kappa shape index (κ3) is 2.87. The first-order chi connectivity index (χ1) is 8.27. The summed E-state index contributed by atoms with van der Waals surface area (Å²) in [5.41, 5.74) is -0.000514. The van der Waals surface area contributed by atoms with Crippen molar-refractivity contribution in [2.45, 2.75) is 6.42 Å². The quantitative estimate of drug-likeness (QED) is 0.826. The van der Waals surface area contributed by atoms with Gasteiger partial charge in [0.25, 0.3) is 5.91 Å². The van der Waals surface area contributed by atoms with Crippen molar-refractivity contribution in [3.8, 4) is 0 Å². The molecule has 0 bridgehead atoms. The number of aromatic nitrogens is 3. The maximum Gasteiger partial charge on any atom is 0.254 e. The van der Waals surface area contributed by atoms with Gasteiger partial charge >= 0.3 is 0 Å². The van der Waals surface area contributed by atoms with Crippen LogP contribution in [0.4, 0.5) is 4.39 Å². The lowest BCUT2D eigenvalue weighted by atomic mass is 10.2. The molecule has 0 radical (unpaired) electrons. The van der Waals surface area contributed by atoms with E-state index < -0.39 is 11.7 Å². The molecule has 2 heterocycles. The lowest BCUT2D eigenvalue weighted by Gasteiger charge is -2.04. The second kappa shape index (κ2) is 5.20. The van der Waals surface area contributed by atoms with Crippen LogP contribution in [-0.4, -0.2) is 27.4 Å². The van der Waals surface area contributed by atoms with E-state index >= 15 is 0 Å². The van der Waals surface area contributed by atoms with Crippen molar-refractivity contribution in [3.63, 3.8) is 0 Å². The van der Waals surface area contributed by atoms with Crippen LogP contribution in [0.25, 0.3) is 0 Å². The topological polar surface area (TPSA) is 70.7 Å². The molecule has 0 unspecified atom stereocenters. The Balaban J connectivity index is 1.88. The number of carbonyl (C=O) groups excluding carboxylic acids is 1. The van der Waals surface area contributed by atoms with Gasteiger partial charge in [-0.25, -0.2) is 9.37 Å². The van der Waals surface area contributed by atoms with Crippen LogP contribution in [0, 0.1) is 5.82 Å². The molecule has 1 amide bonds. The molecule has 0 aliphatic heterocycles. The Kier molecular flexibility index (Phi) is 3.44. The number of pyridine rings is 1. The summed E-state index contributed by atoms with van der Waals surface area (Å²) in [6.45, 7) is 0.397. The number of rotatable bonds is 4. The fraction of sp³-hybridized carbons (Fsp3) is 0.182. The van der Waals surface area contributed by atoms with E-state index in [9.17, 15) is 9.18 Å². The van der Waals surface area contributed by atoms with Crippen molar-refractivity contribution in [2.75, 3.05) is 6.54 Å². The highest BCUT2D eigenvalue weighted by Crippen LogP contribution is 2.03. The first-order valence-electron chi connectivity index (χ1n) is 5.13. The molecule has 88 valence electrons. The molecule has 0 aromatic carbocycles. The van der Waals surface area contributed by atoms with E-state index in [1.165, 1.54) is 12.3 Å². The van der Waals surface area contributed by atoms with E-state index in [1.54, 1.807) is 12.4 Å². The number of aromatic amines is 1. The zero-order valence-corrected chi connectivity index (χ0v) is 8.98. The van der Waals surface area contributed by atoms with Gasteiger partial charge in [-0.3, -0.25) is 9.78 Å². The minimum Gasteiger partial charge on any atom is -0.351 e. The van der Waals surface area contributed by atoms with Gasteiger partial charge in [0.05, 0.1) is 11.8 Å². The second-order valence-electron chi connectivity index (χ2n) is 3.40. The molecule has 6 heteroatoms. The van der Waals surface area contributed by atoms with Gasteiger partial charge in [0, 0.05) is 31.6 Å². The first-order valence-corrected chi connectivity index (χ1v) is 5.13. The second-order valence-corrected chi connectivity index (χ2v) is 3.40. The summed E-state index contributed by atoms with van der Waals surface area (Å²) < 4.78 is 13.2. The number of nitrogens with zero attached hydrogens (tertiary/aromatic N) is 2. The van der Waals surface area contributed by atoms with Gasteiger partial charge in [-0.05, 0) is 6.07 Å². The third-order valence-electron chi connectivity index (χ3n) is 2.22. The number of nitrogens with one attached hydrogen (secondary N) is 2. The van der Waals surface area contributed by atoms with Gasteiger partial charge in [0.2, 0.25) is 0 Å². The van der Waals surface area contributed by atoms with Gasteiger partial charge < -0.3 is 10.3 Å². The van der Waals surface area contributed by atoms with Crippen molar-refractivity contribution in [2.24, 2.45) is 0 Å². The van der Waals surface area contributed by atoms with Crippen LogP contribution < -0.4 is 5.32 Å². The van der Waals surface area contributed by atoms with E-state index in [0.29, 0.717) is 13.0 Å². The molecule has 2 aromatic rings. The summed E-state index contributed by atoms with van der Waals surface area (Å²) in [4.78, 5) is 22.1. The van der Waals surface area contributed by atoms with Crippen LogP contribution >= 0.6 is 0 Å². The lowest BCUT2D eigenvalue weighted by molar-refractivity contribution is 0.0950. The number of halogens is 1. The van der Waals surface area contributed by atoms with Crippen molar-refractivity contribution in [1.29, 1.82) is 0 Å². The molecule has 0 atom stereocenters. The largest absolute Gasteiger partial charge is 0.351 e. The molecular weight excluding hydrogens is 223 g/mol. The van der Waals surface area contributed by atoms with Crippen LogP contribution in [0.5, 0.6) is 0 Å². The van der Waals surface area contributed by atoms with Crippen molar-refractivity contribution < 1.29 is 9.18 Å². The van der Waals surface area contributed by atoms with Gasteiger partial charge in [-0.15, -0.1) is 0 Å². The maximum absolute atomic E-state index is 13.2. The van der Waals surface area contributed by atoms with Crippen molar-refractivity contribution >= 4 is 5.91 Å². The predicted molar refractivity (Wildman–Crippen MR) is 58.8 cm³/mol. The predicted octanol–water partition coefficient (Wildman–Crippen LogP) is 0.916. The van der Waals surface area contributed by atoms with E-state index in [4.69, 9.17) is 0 Å². The zero-order chi connectivity index (χ0) is 12.1. The molecule has 0 saturated heterocycles. The molecule has 0 aliphatic carbocycles. The third-order valence-corrected chi connectivity index (χ3v) is 2.22. The molecule has 0 fully saturated rings. The molecular formula is C11H11FN4O. The Bertz CT molecular complexity index is 498. The Hall–Kier alpha value is -2.24. The molecule has 0 spiro atoms. The maximum atomic E-state index is 13.2. The lowest BCUT2D eigenvalue weighted by Crippen LogP contribution is -2.26. The minimum atomic E-state index is -0.622. The molecule has 17 heavy (non-hydrogen) atoms. The minimum absolute atomic E-state index is 0.000514. The number of carbonyl (C=O) groups is 1. The zero-order valence-electron chi connectivity index (χ0n) is 8.98. The fourth-order valence-electron chi connectivity index (χ4n) is 1.38. The van der Waals surface area contributed by atoms with Crippen molar-refractivity contribution in [3.05, 3.63) is 48.1 Å². The van der Waals surface area contributed by atoms with Gasteiger partial charge in [-0.1, -0.05) is 0 Å². The summed E-state index contributed by atoms with van der Waals surface area (Å²) in [6, 6.07) is 1.34. The Morgan fingerprint density at radius 1 is 1.47 bits per heavy atom. The molecule has 2 aromatic heterocycles. The smallest absolute Gasteiger partial charge is 0.254 e. The number of H-pyrrole nitrogens is 1. The fourth-order valence-corrected chi connectivity index (χ4v) is 1.38. The number of imidazole rings is 1. The summed E-state index contributed by atoms with van der Waals surface area (Å²) >= 11 is 0. The summed E-state index contributed by atoms with van der Waals surface area (Å²) in [7, 11) is 0. The summed E-state index contributed by atoms with van der Waals surface area (Å²) in [5, 5.41) is 2.61. The average Bonchev–Trinajstić information content (AvgIpc) is 2.82. The van der Waals surface area contributed by atoms with E-state index in [0.717, 1.165) is 12.0 Å². The Morgan fingerprint density at radius 2 is 2.35 bits per heavy atom. The molecule has 2 N–H and O–H groups in total. The van der Waals surface area contributed by atoms with Crippen LogP contribution in [0.2, 0.25) is 0 Å².